The highest BCUT2D eigenvalue weighted by atomic mass is 32.2. The van der Waals surface area contributed by atoms with Gasteiger partial charge >= 0.3 is 0 Å². The van der Waals surface area contributed by atoms with E-state index < -0.39 is 5.79 Å². The van der Waals surface area contributed by atoms with E-state index in [9.17, 15) is 9.59 Å². The first-order valence-electron chi connectivity index (χ1n) is 17.4. The van der Waals surface area contributed by atoms with E-state index in [4.69, 9.17) is 19.2 Å². The van der Waals surface area contributed by atoms with Crippen molar-refractivity contribution in [3.8, 4) is 22.6 Å². The van der Waals surface area contributed by atoms with Gasteiger partial charge in [-0.1, -0.05) is 0 Å². The molecule has 3 atom stereocenters. The van der Waals surface area contributed by atoms with Gasteiger partial charge in [-0.3, -0.25) is 9.59 Å². The van der Waals surface area contributed by atoms with Crippen molar-refractivity contribution in [1.29, 1.82) is 0 Å². The van der Waals surface area contributed by atoms with Gasteiger partial charge in [-0.15, -0.1) is 11.8 Å². The number of hydrogen-bond donors (Lipinski definition) is 2. The number of fused-ring (bicyclic) bond motifs is 1. The summed E-state index contributed by atoms with van der Waals surface area (Å²) in [6.07, 6.45) is 8.18. The number of aryl methyl sites for hydroxylation is 1. The highest BCUT2D eigenvalue weighted by Gasteiger charge is 2.48. The lowest BCUT2D eigenvalue weighted by Crippen LogP contribution is -2.46. The van der Waals surface area contributed by atoms with Crippen molar-refractivity contribution in [3.63, 3.8) is 0 Å². The summed E-state index contributed by atoms with van der Waals surface area (Å²) >= 11 is 1.49. The number of hydrogen-bond acceptors (Lipinski definition) is 9. The van der Waals surface area contributed by atoms with Gasteiger partial charge in [-0.2, -0.15) is 0 Å². The van der Waals surface area contributed by atoms with Crippen LogP contribution in [0.25, 0.3) is 11.1 Å². The summed E-state index contributed by atoms with van der Waals surface area (Å²) in [4.78, 5) is 40.2. The molecule has 6 rings (SSSR count). The largest absolute Gasteiger partial charge is 0.448 e. The molecule has 1 unspecified atom stereocenters. The Morgan fingerprint density at radius 3 is 2.35 bits per heavy atom. The van der Waals surface area contributed by atoms with Gasteiger partial charge in [-0.25, -0.2) is 4.98 Å². The first-order valence-corrected chi connectivity index (χ1v) is 18.7. The fraction of sp³-hybridized carbons (Fsp3) is 0.553. The minimum atomic E-state index is -0.865. The second kappa shape index (κ2) is 14.0. The van der Waals surface area contributed by atoms with Crippen LogP contribution in [0.2, 0.25) is 0 Å². The molecule has 0 bridgehead atoms. The number of aromatic nitrogens is 2. The maximum Gasteiger partial charge on any atom is 0.254 e. The topological polar surface area (TPSA) is 109 Å². The number of rotatable bonds is 8. The Morgan fingerprint density at radius 2 is 1.73 bits per heavy atom. The van der Waals surface area contributed by atoms with Crippen LogP contribution < -0.4 is 25.2 Å². The highest BCUT2D eigenvalue weighted by Crippen LogP contribution is 2.54. The lowest BCUT2D eigenvalue weighted by Gasteiger charge is -2.39. The molecule has 2 N–H and O–H groups in total. The van der Waals surface area contributed by atoms with Gasteiger partial charge in [0.15, 0.2) is 11.5 Å². The lowest BCUT2D eigenvalue weighted by atomic mass is 9.81. The Kier molecular flexibility index (Phi) is 10.1. The number of nitrogens with one attached hydrogen (secondary N) is 2. The number of pyridine rings is 2. The average Bonchev–Trinajstić information content (AvgIpc) is 3.42. The summed E-state index contributed by atoms with van der Waals surface area (Å²) < 4.78 is 19.7. The minimum absolute atomic E-state index is 0.104. The standard InChI is InChI=1S/C38H51N5O5S/c1-21-16-30(49-9)29(36(44)41-21)18-40-37(45)32-24(4)33(26-10-15-31(39-17-26)43-19-22(2)46-23(3)20-43)35-34(25(32)5)47-38(6,48-35)27-11-13-28(14-12-27)42(7)8/h10,15-17,22-23,27-28H,11-14,18-20H2,1-9H3,(H,40,45)(H,41,44)/t22-,23+,27?,28?,38?. The zero-order chi connectivity index (χ0) is 35.2. The Morgan fingerprint density at radius 1 is 1.06 bits per heavy atom. The molecule has 264 valence electrons. The van der Waals surface area contributed by atoms with Crippen molar-refractivity contribution < 1.29 is 19.0 Å². The van der Waals surface area contributed by atoms with Crippen LogP contribution in [0.5, 0.6) is 11.5 Å². The van der Waals surface area contributed by atoms with Crippen LogP contribution in [0.4, 0.5) is 5.82 Å². The smallest absolute Gasteiger partial charge is 0.254 e. The van der Waals surface area contributed by atoms with Crippen LogP contribution in [0, 0.1) is 26.7 Å². The van der Waals surface area contributed by atoms with Crippen molar-refractivity contribution in [2.24, 2.45) is 5.92 Å². The number of morpholine rings is 1. The lowest BCUT2D eigenvalue weighted by molar-refractivity contribution is -0.123. The van der Waals surface area contributed by atoms with Crippen LogP contribution in [0.1, 0.15) is 79.2 Å². The number of ether oxygens (including phenoxy) is 3. The fourth-order valence-electron chi connectivity index (χ4n) is 7.97. The molecule has 11 heteroatoms. The molecule has 1 amide bonds. The molecule has 3 aromatic rings. The maximum absolute atomic E-state index is 14.1. The Labute approximate surface area is 294 Å². The van der Waals surface area contributed by atoms with E-state index in [-0.39, 0.29) is 36.1 Å². The van der Waals surface area contributed by atoms with Gasteiger partial charge in [0.2, 0.25) is 0 Å². The van der Waals surface area contributed by atoms with Crippen LogP contribution in [0.3, 0.4) is 0 Å². The number of thioether (sulfide) groups is 1. The van der Waals surface area contributed by atoms with Crippen molar-refractivity contribution in [2.75, 3.05) is 38.3 Å². The van der Waals surface area contributed by atoms with E-state index in [0.717, 1.165) is 77.4 Å². The fourth-order valence-corrected chi connectivity index (χ4v) is 8.68. The monoisotopic (exact) mass is 689 g/mol. The van der Waals surface area contributed by atoms with Crippen molar-refractivity contribution in [3.05, 3.63) is 62.7 Å². The molecule has 2 aliphatic heterocycles. The van der Waals surface area contributed by atoms with Gasteiger partial charge in [0, 0.05) is 83.1 Å². The van der Waals surface area contributed by atoms with E-state index in [1.807, 2.05) is 52.3 Å². The summed E-state index contributed by atoms with van der Waals surface area (Å²) in [6, 6.07) is 6.58. The second-order valence-corrected chi connectivity index (χ2v) is 15.3. The number of amides is 1. The molecule has 0 spiro atoms. The van der Waals surface area contributed by atoms with Gasteiger partial charge in [0.1, 0.15) is 5.82 Å². The molecule has 1 saturated heterocycles. The van der Waals surface area contributed by atoms with E-state index in [1.165, 1.54) is 11.8 Å². The van der Waals surface area contributed by atoms with E-state index in [0.29, 0.717) is 28.7 Å². The Balaban J connectivity index is 1.37. The molecule has 0 radical (unpaired) electrons. The number of benzene rings is 1. The van der Waals surface area contributed by atoms with Crippen molar-refractivity contribution >= 4 is 23.5 Å². The van der Waals surface area contributed by atoms with Crippen LogP contribution in [0.15, 0.2) is 34.1 Å². The molecular formula is C38H51N5O5S. The molecule has 3 aliphatic rings. The van der Waals surface area contributed by atoms with E-state index >= 15 is 0 Å². The predicted octanol–water partition coefficient (Wildman–Crippen LogP) is 6.24. The number of H-pyrrole nitrogens is 1. The zero-order valence-corrected chi connectivity index (χ0v) is 31.2. The predicted molar refractivity (Wildman–Crippen MR) is 195 cm³/mol. The number of carbonyl (C=O) groups is 1. The summed E-state index contributed by atoms with van der Waals surface area (Å²) in [7, 11) is 4.29. The summed E-state index contributed by atoms with van der Waals surface area (Å²) in [6.45, 7) is 13.6. The highest BCUT2D eigenvalue weighted by molar-refractivity contribution is 7.98. The normalized spacial score (nSPS) is 25.1. The minimum Gasteiger partial charge on any atom is -0.448 e. The third-order valence-electron chi connectivity index (χ3n) is 10.6. The summed E-state index contributed by atoms with van der Waals surface area (Å²) in [5.41, 5.74) is 4.81. The van der Waals surface area contributed by atoms with Crippen LogP contribution in [-0.4, -0.2) is 78.3 Å². The zero-order valence-electron chi connectivity index (χ0n) is 30.4. The number of carbonyl (C=O) groups excluding carboxylic acids is 1. The van der Waals surface area contributed by atoms with Gasteiger partial charge in [0.25, 0.3) is 17.3 Å². The molecule has 1 saturated carbocycles. The van der Waals surface area contributed by atoms with Crippen molar-refractivity contribution in [1.82, 2.24) is 20.2 Å². The molecule has 49 heavy (non-hydrogen) atoms. The van der Waals surface area contributed by atoms with E-state index in [2.05, 4.69) is 54.1 Å². The Bertz CT molecular complexity index is 1760. The maximum atomic E-state index is 14.1. The van der Waals surface area contributed by atoms with Gasteiger partial charge in [0.05, 0.1) is 12.2 Å². The van der Waals surface area contributed by atoms with E-state index in [1.54, 1.807) is 0 Å². The summed E-state index contributed by atoms with van der Waals surface area (Å²) in [5, 5.41) is 3.05. The average molecular weight is 690 g/mol. The first kappa shape index (κ1) is 35.3. The SMILES string of the molecule is CSc1cc(C)[nH]c(=O)c1CNC(=O)c1c(C)c2c(c(-c3ccc(N4C[C@@H](C)O[C@@H](C)C4)nc3)c1C)OC(C)(C1CCC(N(C)C)CC1)O2. The van der Waals surface area contributed by atoms with Gasteiger partial charge in [-0.05, 0) is 104 Å². The van der Waals surface area contributed by atoms with Crippen molar-refractivity contribution in [2.45, 2.75) is 103 Å². The molecule has 2 aromatic heterocycles. The molecular weight excluding hydrogens is 639 g/mol. The number of anilines is 1. The molecule has 10 nitrogen and oxygen atoms in total. The first-order chi connectivity index (χ1) is 23.3. The molecule has 1 aromatic carbocycles. The van der Waals surface area contributed by atoms with Gasteiger partial charge < -0.3 is 34.3 Å². The van der Waals surface area contributed by atoms with Crippen LogP contribution >= 0.6 is 11.8 Å². The Hall–Kier alpha value is -3.54. The third kappa shape index (κ3) is 6.94. The molecule has 2 fully saturated rings. The second-order valence-electron chi connectivity index (χ2n) is 14.4. The summed E-state index contributed by atoms with van der Waals surface area (Å²) in [5.74, 6) is 1.21. The third-order valence-corrected chi connectivity index (χ3v) is 11.4. The van der Waals surface area contributed by atoms with Crippen LogP contribution in [-0.2, 0) is 11.3 Å². The molecule has 4 heterocycles. The quantitative estimate of drug-likeness (QED) is 0.266. The number of nitrogens with zero attached hydrogens (tertiary/aromatic N) is 3. The number of aromatic amines is 1. The molecule has 1 aliphatic carbocycles.